The van der Waals surface area contributed by atoms with Gasteiger partial charge in [0.2, 0.25) is 0 Å². The first-order chi connectivity index (χ1) is 11.6. The van der Waals surface area contributed by atoms with Crippen LogP contribution in [0.2, 0.25) is 0 Å². The van der Waals surface area contributed by atoms with Crippen LogP contribution in [0.5, 0.6) is 5.75 Å². The number of hydrogen-bond donors (Lipinski definition) is 1. The van der Waals surface area contributed by atoms with Crippen LogP contribution in [-0.4, -0.2) is 36.2 Å². The zero-order valence-corrected chi connectivity index (χ0v) is 12.9. The molecule has 1 aliphatic rings. The summed E-state index contributed by atoms with van der Waals surface area (Å²) in [7, 11) is 0. The number of nitro groups is 1. The molecule has 7 nitrogen and oxygen atoms in total. The lowest BCUT2D eigenvalue weighted by atomic mass is 10.1. The van der Waals surface area contributed by atoms with E-state index < -0.39 is 4.92 Å². The van der Waals surface area contributed by atoms with Crippen LogP contribution >= 0.6 is 0 Å². The smallest absolute Gasteiger partial charge is 0.292 e. The number of anilines is 2. The molecule has 1 heterocycles. The lowest BCUT2D eigenvalue weighted by molar-refractivity contribution is -0.384. The highest BCUT2D eigenvalue weighted by Crippen LogP contribution is 2.32. The number of rotatable bonds is 3. The number of aromatic hydroxyl groups is 1. The van der Waals surface area contributed by atoms with Crippen molar-refractivity contribution in [3.05, 3.63) is 58.1 Å². The average molecular weight is 324 g/mol. The Morgan fingerprint density at radius 1 is 1.04 bits per heavy atom. The third-order valence-electron chi connectivity index (χ3n) is 4.14. The standard InChI is InChI=1S/C17H16N4O3/c18-12-13-5-6-14(21(23)24)16(11-13)20-9-7-19(8-10-20)15-3-1-2-4-17(15)22/h1-6,11,22H,7-10H2. The third kappa shape index (κ3) is 2.94. The minimum atomic E-state index is -0.425. The predicted molar refractivity (Wildman–Crippen MR) is 90.3 cm³/mol. The van der Waals surface area contributed by atoms with Gasteiger partial charge in [-0.3, -0.25) is 10.1 Å². The van der Waals surface area contributed by atoms with Gasteiger partial charge in [-0.2, -0.15) is 5.26 Å². The molecule has 0 saturated carbocycles. The van der Waals surface area contributed by atoms with Gasteiger partial charge in [0.05, 0.1) is 22.2 Å². The molecule has 0 atom stereocenters. The lowest BCUT2D eigenvalue weighted by Crippen LogP contribution is -2.46. The SMILES string of the molecule is N#Cc1ccc([N+](=O)[O-])c(N2CCN(c3ccccc3O)CC2)c1. The van der Waals surface area contributed by atoms with E-state index >= 15 is 0 Å². The summed E-state index contributed by atoms with van der Waals surface area (Å²) in [5.74, 6) is 0.225. The molecule has 1 fully saturated rings. The molecule has 0 amide bonds. The summed E-state index contributed by atoms with van der Waals surface area (Å²) in [6.45, 7) is 2.41. The number of phenolic OH excluding ortho intramolecular Hbond substituents is 1. The molecular formula is C17H16N4O3. The van der Waals surface area contributed by atoms with Gasteiger partial charge in [-0.25, -0.2) is 0 Å². The minimum Gasteiger partial charge on any atom is -0.506 e. The molecule has 0 unspecified atom stereocenters. The second kappa shape index (κ2) is 6.46. The Labute approximate surface area is 139 Å². The molecule has 0 radical (unpaired) electrons. The number of nitrogens with zero attached hydrogens (tertiary/aromatic N) is 4. The molecular weight excluding hydrogens is 308 g/mol. The number of piperazine rings is 1. The quantitative estimate of drug-likeness (QED) is 0.688. The second-order valence-electron chi connectivity index (χ2n) is 5.54. The van der Waals surface area contributed by atoms with Gasteiger partial charge in [-0.05, 0) is 24.3 Å². The molecule has 1 aliphatic heterocycles. The fourth-order valence-electron chi connectivity index (χ4n) is 2.92. The monoisotopic (exact) mass is 324 g/mol. The summed E-state index contributed by atoms with van der Waals surface area (Å²) in [6.07, 6.45) is 0. The number of nitriles is 1. The van der Waals surface area contributed by atoms with E-state index in [1.807, 2.05) is 28.0 Å². The summed E-state index contributed by atoms with van der Waals surface area (Å²) in [5.41, 5.74) is 1.64. The molecule has 0 aromatic heterocycles. The van der Waals surface area contributed by atoms with Crippen molar-refractivity contribution in [3.63, 3.8) is 0 Å². The summed E-state index contributed by atoms with van der Waals surface area (Å²) in [5, 5.41) is 30.2. The Morgan fingerprint density at radius 2 is 1.67 bits per heavy atom. The lowest BCUT2D eigenvalue weighted by Gasteiger charge is -2.37. The van der Waals surface area contributed by atoms with Crippen molar-refractivity contribution in [2.45, 2.75) is 0 Å². The number of para-hydroxylation sites is 2. The van der Waals surface area contributed by atoms with Crippen molar-refractivity contribution in [2.75, 3.05) is 36.0 Å². The third-order valence-corrected chi connectivity index (χ3v) is 4.14. The van der Waals surface area contributed by atoms with E-state index in [2.05, 4.69) is 0 Å². The fourth-order valence-corrected chi connectivity index (χ4v) is 2.92. The van der Waals surface area contributed by atoms with E-state index in [9.17, 15) is 15.2 Å². The first-order valence-electron chi connectivity index (χ1n) is 7.56. The first-order valence-corrected chi connectivity index (χ1v) is 7.56. The zero-order valence-electron chi connectivity index (χ0n) is 12.9. The molecule has 1 saturated heterocycles. The largest absolute Gasteiger partial charge is 0.506 e. The maximum absolute atomic E-state index is 11.2. The molecule has 24 heavy (non-hydrogen) atoms. The van der Waals surface area contributed by atoms with Crippen molar-refractivity contribution >= 4 is 17.1 Å². The first kappa shape index (κ1) is 15.6. The molecule has 1 N–H and O–H groups in total. The van der Waals surface area contributed by atoms with Gasteiger partial charge in [-0.1, -0.05) is 12.1 Å². The topological polar surface area (TPSA) is 93.6 Å². The van der Waals surface area contributed by atoms with Gasteiger partial charge in [0.15, 0.2) is 0 Å². The highest BCUT2D eigenvalue weighted by molar-refractivity contribution is 5.67. The second-order valence-corrected chi connectivity index (χ2v) is 5.54. The maximum atomic E-state index is 11.2. The van der Waals surface area contributed by atoms with Crippen LogP contribution in [0.25, 0.3) is 0 Å². The number of benzene rings is 2. The van der Waals surface area contributed by atoms with Crippen molar-refractivity contribution < 1.29 is 10.0 Å². The highest BCUT2D eigenvalue weighted by Gasteiger charge is 2.25. The normalized spacial score (nSPS) is 14.3. The van der Waals surface area contributed by atoms with Gasteiger partial charge in [0.1, 0.15) is 11.4 Å². The van der Waals surface area contributed by atoms with Crippen LogP contribution in [0.15, 0.2) is 42.5 Å². The molecule has 122 valence electrons. The van der Waals surface area contributed by atoms with Crippen LogP contribution in [-0.2, 0) is 0 Å². The van der Waals surface area contributed by atoms with E-state index in [4.69, 9.17) is 5.26 Å². The predicted octanol–water partition coefficient (Wildman–Crippen LogP) is 2.50. The van der Waals surface area contributed by atoms with Gasteiger partial charge in [0, 0.05) is 32.2 Å². The van der Waals surface area contributed by atoms with Crippen molar-refractivity contribution in [2.24, 2.45) is 0 Å². The Kier molecular flexibility index (Phi) is 4.20. The Morgan fingerprint density at radius 3 is 2.25 bits per heavy atom. The van der Waals surface area contributed by atoms with E-state index in [1.165, 1.54) is 12.1 Å². The molecule has 3 rings (SSSR count). The van der Waals surface area contributed by atoms with Crippen molar-refractivity contribution in [1.82, 2.24) is 0 Å². The van der Waals surface area contributed by atoms with E-state index in [0.717, 1.165) is 5.69 Å². The highest BCUT2D eigenvalue weighted by atomic mass is 16.6. The van der Waals surface area contributed by atoms with Crippen LogP contribution < -0.4 is 9.80 Å². The van der Waals surface area contributed by atoms with Crippen LogP contribution in [0, 0.1) is 21.4 Å². The Bertz CT molecular complexity index is 808. The molecule has 0 aliphatic carbocycles. The number of phenols is 1. The maximum Gasteiger partial charge on any atom is 0.292 e. The van der Waals surface area contributed by atoms with E-state index in [1.54, 1.807) is 18.2 Å². The summed E-state index contributed by atoms with van der Waals surface area (Å²) < 4.78 is 0. The Balaban J connectivity index is 1.81. The van der Waals surface area contributed by atoms with Crippen molar-refractivity contribution in [1.29, 1.82) is 5.26 Å². The Hall–Kier alpha value is -3.27. The molecule has 7 heteroatoms. The molecule has 2 aromatic rings. The fraction of sp³-hybridized carbons (Fsp3) is 0.235. The summed E-state index contributed by atoms with van der Waals surface area (Å²) in [4.78, 5) is 14.8. The van der Waals surface area contributed by atoms with E-state index in [-0.39, 0.29) is 11.4 Å². The van der Waals surface area contributed by atoms with Gasteiger partial charge >= 0.3 is 0 Å². The molecule has 2 aromatic carbocycles. The average Bonchev–Trinajstić information content (AvgIpc) is 2.61. The molecule has 0 spiro atoms. The van der Waals surface area contributed by atoms with Crippen LogP contribution in [0.1, 0.15) is 5.56 Å². The zero-order chi connectivity index (χ0) is 17.1. The van der Waals surface area contributed by atoms with Gasteiger partial charge < -0.3 is 14.9 Å². The van der Waals surface area contributed by atoms with Gasteiger partial charge in [0.25, 0.3) is 5.69 Å². The molecule has 0 bridgehead atoms. The van der Waals surface area contributed by atoms with E-state index in [0.29, 0.717) is 37.4 Å². The number of hydrogen-bond acceptors (Lipinski definition) is 6. The van der Waals surface area contributed by atoms with Crippen molar-refractivity contribution in [3.8, 4) is 11.8 Å². The summed E-state index contributed by atoms with van der Waals surface area (Å²) >= 11 is 0. The van der Waals surface area contributed by atoms with Crippen LogP contribution in [0.4, 0.5) is 17.1 Å². The summed E-state index contributed by atoms with van der Waals surface area (Å²) in [6, 6.07) is 13.5. The van der Waals surface area contributed by atoms with Gasteiger partial charge in [-0.15, -0.1) is 0 Å². The number of nitro benzene ring substituents is 1. The minimum absolute atomic E-state index is 0.00464. The van der Waals surface area contributed by atoms with Crippen LogP contribution in [0.3, 0.4) is 0 Å².